The molecule has 8 nitrogen and oxygen atoms in total. The second-order valence-electron chi connectivity index (χ2n) is 5.49. The van der Waals surface area contributed by atoms with Gasteiger partial charge in [-0.2, -0.15) is 0 Å². The third kappa shape index (κ3) is 5.94. The van der Waals surface area contributed by atoms with Crippen molar-refractivity contribution in [3.8, 4) is 0 Å². The number of hydrogen-bond acceptors (Lipinski definition) is 8. The molecule has 1 unspecified atom stereocenters. The lowest BCUT2D eigenvalue weighted by molar-refractivity contribution is -0.143. The number of aliphatic hydroxyl groups excluding tert-OH is 2. The van der Waals surface area contributed by atoms with Crippen molar-refractivity contribution in [2.24, 2.45) is 0 Å². The van der Waals surface area contributed by atoms with Gasteiger partial charge in [-0.05, 0) is 24.3 Å². The van der Waals surface area contributed by atoms with Crippen LogP contribution in [0.2, 0.25) is 0 Å². The Bertz CT molecular complexity index is 697. The fourth-order valence-corrected chi connectivity index (χ4v) is 2.10. The summed E-state index contributed by atoms with van der Waals surface area (Å²) < 4.78 is 0. The highest BCUT2D eigenvalue weighted by molar-refractivity contribution is 6.40. The van der Waals surface area contributed by atoms with Gasteiger partial charge >= 0.3 is 0 Å². The molecule has 2 atom stereocenters. The normalized spacial score (nSPS) is 12.8. The molecular formula is C18H22N4O4. The Balaban J connectivity index is 1.97. The molecule has 0 radical (unpaired) electrons. The van der Waals surface area contributed by atoms with Crippen LogP contribution in [-0.2, 0) is 9.59 Å². The summed E-state index contributed by atoms with van der Waals surface area (Å²) in [5.41, 5.74) is 12.9. The Morgan fingerprint density at radius 2 is 1.38 bits per heavy atom. The number of hydrogen-bond donors (Lipinski definition) is 6. The van der Waals surface area contributed by atoms with E-state index in [9.17, 15) is 14.7 Å². The summed E-state index contributed by atoms with van der Waals surface area (Å²) in [5, 5.41) is 18.3. The van der Waals surface area contributed by atoms with Gasteiger partial charge in [0.1, 0.15) is 12.1 Å². The van der Waals surface area contributed by atoms with Gasteiger partial charge in [0.05, 0.1) is 6.61 Å². The first-order chi connectivity index (χ1) is 12.6. The number of para-hydroxylation sites is 2. The van der Waals surface area contributed by atoms with Gasteiger partial charge in [0, 0.05) is 17.9 Å². The largest absolute Gasteiger partial charge is 0.393 e. The van der Waals surface area contributed by atoms with Crippen LogP contribution in [0.5, 0.6) is 0 Å². The predicted octanol–water partition coefficient (Wildman–Crippen LogP) is 0.0798. The van der Waals surface area contributed by atoms with Crippen molar-refractivity contribution < 1.29 is 19.8 Å². The summed E-state index contributed by atoms with van der Waals surface area (Å²) in [6.45, 7) is -0.753. The van der Waals surface area contributed by atoms with Crippen molar-refractivity contribution in [3.05, 3.63) is 60.7 Å². The highest BCUT2D eigenvalue weighted by Crippen LogP contribution is 2.05. The van der Waals surface area contributed by atoms with Crippen molar-refractivity contribution in [1.82, 2.24) is 10.9 Å². The smallest absolute Gasteiger partial charge is 0.230 e. The van der Waals surface area contributed by atoms with E-state index in [1.165, 1.54) is 0 Å². The molecule has 6 N–H and O–H groups in total. The van der Waals surface area contributed by atoms with Gasteiger partial charge in [-0.3, -0.25) is 9.59 Å². The van der Waals surface area contributed by atoms with Crippen molar-refractivity contribution >= 4 is 22.9 Å². The van der Waals surface area contributed by atoms with E-state index < -0.39 is 30.3 Å². The maximum atomic E-state index is 12.3. The SMILES string of the molecule is O=C(C(=O)[C@@H](O)CO)C(CNNc1ccccc1)NNc1ccccc1. The zero-order valence-electron chi connectivity index (χ0n) is 14.1. The Hall–Kier alpha value is -2.78. The average molecular weight is 358 g/mol. The van der Waals surface area contributed by atoms with Crippen LogP contribution in [0.25, 0.3) is 0 Å². The first-order valence-corrected chi connectivity index (χ1v) is 8.09. The number of hydrazine groups is 2. The maximum Gasteiger partial charge on any atom is 0.230 e. The Morgan fingerprint density at radius 3 is 1.92 bits per heavy atom. The van der Waals surface area contributed by atoms with Gasteiger partial charge in [-0.1, -0.05) is 36.4 Å². The number of ketones is 2. The summed E-state index contributed by atoms with van der Waals surface area (Å²) in [5.74, 6) is -1.90. The topological polar surface area (TPSA) is 123 Å². The summed E-state index contributed by atoms with van der Waals surface area (Å²) in [6.07, 6.45) is -1.73. The summed E-state index contributed by atoms with van der Waals surface area (Å²) in [4.78, 5) is 24.2. The monoisotopic (exact) mass is 358 g/mol. The molecule has 0 heterocycles. The number of anilines is 2. The molecule has 0 aliphatic carbocycles. The fraction of sp³-hybridized carbons (Fsp3) is 0.222. The Labute approximate surface area is 151 Å². The van der Waals surface area contributed by atoms with Crippen LogP contribution in [0.3, 0.4) is 0 Å². The van der Waals surface area contributed by atoms with E-state index in [0.29, 0.717) is 5.69 Å². The van der Waals surface area contributed by atoms with Gasteiger partial charge in [0.15, 0.2) is 0 Å². The molecule has 2 aromatic rings. The van der Waals surface area contributed by atoms with Crippen molar-refractivity contribution in [3.63, 3.8) is 0 Å². The second kappa shape index (κ2) is 10.3. The maximum absolute atomic E-state index is 12.3. The van der Waals surface area contributed by atoms with E-state index in [4.69, 9.17) is 5.11 Å². The van der Waals surface area contributed by atoms with E-state index in [0.717, 1.165) is 5.69 Å². The minimum atomic E-state index is -1.73. The van der Waals surface area contributed by atoms with Crippen LogP contribution >= 0.6 is 0 Å². The number of nitrogens with one attached hydrogen (secondary N) is 4. The number of rotatable bonds is 11. The summed E-state index contributed by atoms with van der Waals surface area (Å²) in [7, 11) is 0. The van der Waals surface area contributed by atoms with Crippen molar-refractivity contribution in [2.45, 2.75) is 12.1 Å². The number of aliphatic hydroxyl groups is 2. The van der Waals surface area contributed by atoms with Crippen molar-refractivity contribution in [1.29, 1.82) is 0 Å². The first kappa shape index (κ1) is 19.5. The van der Waals surface area contributed by atoms with Crippen LogP contribution in [-0.4, -0.2) is 47.1 Å². The molecule has 0 spiro atoms. The second-order valence-corrected chi connectivity index (χ2v) is 5.49. The van der Waals surface area contributed by atoms with Crippen molar-refractivity contribution in [2.75, 3.05) is 24.0 Å². The molecule has 138 valence electrons. The molecule has 0 fully saturated rings. The number of carbonyl (C=O) groups is 2. The zero-order chi connectivity index (χ0) is 18.8. The van der Waals surface area contributed by atoms with Gasteiger partial charge in [0.2, 0.25) is 11.6 Å². The molecule has 2 aromatic carbocycles. The lowest BCUT2D eigenvalue weighted by atomic mass is 10.1. The van der Waals surface area contributed by atoms with Gasteiger partial charge in [-0.15, -0.1) is 0 Å². The molecule has 0 bridgehead atoms. The van der Waals surface area contributed by atoms with E-state index >= 15 is 0 Å². The molecule has 0 saturated carbocycles. The van der Waals surface area contributed by atoms with E-state index in [-0.39, 0.29) is 6.54 Å². The first-order valence-electron chi connectivity index (χ1n) is 8.09. The van der Waals surface area contributed by atoms with Gasteiger partial charge < -0.3 is 21.1 Å². The number of benzene rings is 2. The average Bonchev–Trinajstić information content (AvgIpc) is 2.70. The lowest BCUT2D eigenvalue weighted by Gasteiger charge is -2.20. The molecule has 0 aliphatic heterocycles. The van der Waals surface area contributed by atoms with E-state index in [1.807, 2.05) is 48.5 Å². The number of carbonyl (C=O) groups excluding carboxylic acids is 2. The third-order valence-electron chi connectivity index (χ3n) is 3.51. The van der Waals surface area contributed by atoms with Gasteiger partial charge in [-0.25, -0.2) is 10.9 Å². The zero-order valence-corrected chi connectivity index (χ0v) is 14.1. The minimum Gasteiger partial charge on any atom is -0.393 e. The molecular weight excluding hydrogens is 336 g/mol. The standard InChI is InChI=1S/C18H22N4O4/c23-12-16(24)18(26)17(25)15(22-21-14-9-5-2-6-10-14)11-19-20-13-7-3-1-4-8-13/h1-10,15-16,19-24H,11-12H2/t15?,16-/m0/s1. The van der Waals surface area contributed by atoms with Crippen LogP contribution in [0.4, 0.5) is 11.4 Å². The van der Waals surface area contributed by atoms with Gasteiger partial charge in [0.25, 0.3) is 0 Å². The quantitative estimate of drug-likeness (QED) is 0.247. The molecule has 8 heteroatoms. The lowest BCUT2D eigenvalue weighted by Crippen LogP contribution is -2.52. The molecule has 26 heavy (non-hydrogen) atoms. The Kier molecular flexibility index (Phi) is 7.72. The van der Waals surface area contributed by atoms with Crippen LogP contribution in [0.15, 0.2) is 60.7 Å². The predicted molar refractivity (Wildman–Crippen MR) is 98.2 cm³/mol. The molecule has 0 amide bonds. The minimum absolute atomic E-state index is 0.0530. The van der Waals surface area contributed by atoms with Crippen LogP contribution in [0.1, 0.15) is 0 Å². The van der Waals surface area contributed by atoms with E-state index in [2.05, 4.69) is 21.7 Å². The molecule has 2 rings (SSSR count). The molecule has 0 aliphatic rings. The summed E-state index contributed by atoms with van der Waals surface area (Å²) in [6, 6.07) is 17.3. The van der Waals surface area contributed by atoms with E-state index in [1.54, 1.807) is 12.1 Å². The Morgan fingerprint density at radius 1 is 0.846 bits per heavy atom. The molecule has 0 saturated heterocycles. The molecule has 0 aromatic heterocycles. The summed E-state index contributed by atoms with van der Waals surface area (Å²) >= 11 is 0. The van der Waals surface area contributed by atoms with Crippen LogP contribution in [0, 0.1) is 0 Å². The number of Topliss-reactive ketones (excluding diaryl/α,β-unsaturated/α-hetero) is 2. The fourth-order valence-electron chi connectivity index (χ4n) is 2.10. The third-order valence-corrected chi connectivity index (χ3v) is 3.51. The highest BCUT2D eigenvalue weighted by Gasteiger charge is 2.29. The highest BCUT2D eigenvalue weighted by atomic mass is 16.3. The van der Waals surface area contributed by atoms with Crippen LogP contribution < -0.4 is 21.7 Å².